The Kier molecular flexibility index (Phi) is 6.08. The molecule has 1 amide bonds. The number of hydrogen-bond acceptors (Lipinski definition) is 2. The summed E-state index contributed by atoms with van der Waals surface area (Å²) in [5, 5.41) is 2.84. The van der Waals surface area contributed by atoms with Crippen LogP contribution in [0.3, 0.4) is 0 Å². The molecule has 1 atom stereocenters. The Hall–Kier alpha value is -1.06. The van der Waals surface area contributed by atoms with E-state index in [0.717, 1.165) is 11.1 Å². The number of aryl methyl sites for hydroxylation is 2. The van der Waals surface area contributed by atoms with Crippen molar-refractivity contribution in [3.8, 4) is 0 Å². The van der Waals surface area contributed by atoms with Crippen molar-refractivity contribution in [1.29, 1.82) is 0 Å². The van der Waals surface area contributed by atoms with Gasteiger partial charge in [0.05, 0.1) is 0 Å². The van der Waals surface area contributed by atoms with Gasteiger partial charge in [0.15, 0.2) is 0 Å². The minimum Gasteiger partial charge on any atom is -0.348 e. The fourth-order valence-electron chi connectivity index (χ4n) is 1.47. The van der Waals surface area contributed by atoms with Crippen molar-refractivity contribution in [2.75, 3.05) is 6.54 Å². The van der Waals surface area contributed by atoms with Gasteiger partial charge in [0.1, 0.15) is 0 Å². The first-order valence-electron chi connectivity index (χ1n) is 5.12. The molecule has 0 aromatic heterocycles. The van der Waals surface area contributed by atoms with Gasteiger partial charge in [0.25, 0.3) is 5.91 Å². The molecular formula is C12H19ClN2O. The molecule has 3 N–H and O–H groups in total. The Morgan fingerprint density at radius 3 is 2.25 bits per heavy atom. The number of carbonyl (C=O) groups excluding carboxylic acids is 1. The standard InChI is InChI=1S/C12H18N2O.ClH/c1-8-4-9(2)6-11(5-8)12(15)14-10(3)7-13;/h4-6,10H,7,13H2,1-3H3,(H,14,15);1H/t10-;/m0./s1. The fraction of sp³-hybridized carbons (Fsp3) is 0.417. The van der Waals surface area contributed by atoms with Gasteiger partial charge in [-0.3, -0.25) is 4.79 Å². The first-order chi connectivity index (χ1) is 7.02. The van der Waals surface area contributed by atoms with Gasteiger partial charge in [-0.2, -0.15) is 0 Å². The van der Waals surface area contributed by atoms with Crippen LogP contribution in [-0.4, -0.2) is 18.5 Å². The lowest BCUT2D eigenvalue weighted by atomic mass is 10.1. The van der Waals surface area contributed by atoms with Gasteiger partial charge in [0, 0.05) is 18.2 Å². The van der Waals surface area contributed by atoms with Crippen molar-refractivity contribution in [1.82, 2.24) is 5.32 Å². The number of halogens is 1. The van der Waals surface area contributed by atoms with Gasteiger partial charge < -0.3 is 11.1 Å². The van der Waals surface area contributed by atoms with Crippen molar-refractivity contribution in [2.45, 2.75) is 26.8 Å². The summed E-state index contributed by atoms with van der Waals surface area (Å²) in [5.74, 6) is -0.0558. The summed E-state index contributed by atoms with van der Waals surface area (Å²) in [7, 11) is 0. The van der Waals surface area contributed by atoms with Gasteiger partial charge in [-0.1, -0.05) is 17.2 Å². The lowest BCUT2D eigenvalue weighted by Crippen LogP contribution is -2.37. The number of nitrogens with two attached hydrogens (primary N) is 1. The van der Waals surface area contributed by atoms with Crippen LogP contribution in [0.15, 0.2) is 18.2 Å². The maximum absolute atomic E-state index is 11.8. The summed E-state index contributed by atoms with van der Waals surface area (Å²) in [6.07, 6.45) is 0. The molecule has 0 unspecified atom stereocenters. The molecule has 0 saturated heterocycles. The van der Waals surface area contributed by atoms with E-state index < -0.39 is 0 Å². The Morgan fingerprint density at radius 1 is 1.31 bits per heavy atom. The quantitative estimate of drug-likeness (QED) is 0.849. The third-order valence-electron chi connectivity index (χ3n) is 2.21. The second-order valence-corrected chi connectivity index (χ2v) is 3.99. The van der Waals surface area contributed by atoms with E-state index in [2.05, 4.69) is 5.32 Å². The zero-order chi connectivity index (χ0) is 11.4. The first-order valence-corrected chi connectivity index (χ1v) is 5.12. The average Bonchev–Trinajstić information content (AvgIpc) is 2.16. The zero-order valence-electron chi connectivity index (χ0n) is 9.91. The van der Waals surface area contributed by atoms with Crippen LogP contribution in [-0.2, 0) is 0 Å². The summed E-state index contributed by atoms with van der Waals surface area (Å²) in [4.78, 5) is 11.8. The predicted molar refractivity (Wildman–Crippen MR) is 69.1 cm³/mol. The normalized spacial score (nSPS) is 11.5. The molecule has 0 aliphatic carbocycles. The number of rotatable bonds is 3. The molecule has 4 heteroatoms. The van der Waals surface area contributed by atoms with E-state index in [1.807, 2.05) is 39.0 Å². The summed E-state index contributed by atoms with van der Waals surface area (Å²) >= 11 is 0. The monoisotopic (exact) mass is 242 g/mol. The van der Waals surface area contributed by atoms with Crippen LogP contribution in [0.25, 0.3) is 0 Å². The maximum atomic E-state index is 11.8. The molecule has 0 fully saturated rings. The Labute approximate surface area is 103 Å². The van der Waals surface area contributed by atoms with Crippen LogP contribution in [0.1, 0.15) is 28.4 Å². The van der Waals surface area contributed by atoms with Gasteiger partial charge in [-0.25, -0.2) is 0 Å². The van der Waals surface area contributed by atoms with Crippen LogP contribution >= 0.6 is 12.4 Å². The van der Waals surface area contributed by atoms with E-state index in [1.165, 1.54) is 0 Å². The number of benzene rings is 1. The lowest BCUT2D eigenvalue weighted by Gasteiger charge is -2.12. The fourth-order valence-corrected chi connectivity index (χ4v) is 1.47. The number of hydrogen-bond donors (Lipinski definition) is 2. The maximum Gasteiger partial charge on any atom is 0.251 e. The lowest BCUT2D eigenvalue weighted by molar-refractivity contribution is 0.0941. The van der Waals surface area contributed by atoms with E-state index in [4.69, 9.17) is 5.73 Å². The van der Waals surface area contributed by atoms with E-state index in [0.29, 0.717) is 12.1 Å². The molecule has 0 heterocycles. The molecule has 0 aliphatic heterocycles. The van der Waals surface area contributed by atoms with E-state index in [-0.39, 0.29) is 24.4 Å². The Balaban J connectivity index is 0.00000225. The van der Waals surface area contributed by atoms with Crippen LogP contribution in [0, 0.1) is 13.8 Å². The highest BCUT2D eigenvalue weighted by atomic mass is 35.5. The molecule has 16 heavy (non-hydrogen) atoms. The minimum atomic E-state index is -0.0558. The molecule has 0 bridgehead atoms. The third kappa shape index (κ3) is 4.21. The predicted octanol–water partition coefficient (Wildman–Crippen LogP) is 1.80. The van der Waals surface area contributed by atoms with Crippen LogP contribution in [0.5, 0.6) is 0 Å². The van der Waals surface area contributed by atoms with Crippen molar-refractivity contribution < 1.29 is 4.79 Å². The molecule has 90 valence electrons. The molecule has 0 radical (unpaired) electrons. The van der Waals surface area contributed by atoms with Crippen molar-refractivity contribution in [3.05, 3.63) is 34.9 Å². The summed E-state index contributed by atoms with van der Waals surface area (Å²) in [6.45, 7) is 6.31. The second-order valence-electron chi connectivity index (χ2n) is 3.99. The number of carbonyl (C=O) groups is 1. The zero-order valence-corrected chi connectivity index (χ0v) is 10.7. The molecule has 3 nitrogen and oxygen atoms in total. The summed E-state index contributed by atoms with van der Waals surface area (Å²) in [6, 6.07) is 5.82. The molecule has 1 rings (SSSR count). The molecule has 0 spiro atoms. The van der Waals surface area contributed by atoms with Crippen LogP contribution in [0.4, 0.5) is 0 Å². The molecule has 0 saturated carbocycles. The van der Waals surface area contributed by atoms with Gasteiger partial charge in [-0.15, -0.1) is 12.4 Å². The summed E-state index contributed by atoms with van der Waals surface area (Å²) in [5.41, 5.74) is 8.34. The minimum absolute atomic E-state index is 0. The Bertz CT molecular complexity index is 346. The third-order valence-corrected chi connectivity index (χ3v) is 2.21. The van der Waals surface area contributed by atoms with Crippen molar-refractivity contribution in [2.24, 2.45) is 5.73 Å². The largest absolute Gasteiger partial charge is 0.348 e. The van der Waals surface area contributed by atoms with Crippen LogP contribution < -0.4 is 11.1 Å². The first kappa shape index (κ1) is 14.9. The number of nitrogens with one attached hydrogen (secondary N) is 1. The highest BCUT2D eigenvalue weighted by molar-refractivity contribution is 5.94. The topological polar surface area (TPSA) is 55.1 Å². The SMILES string of the molecule is Cc1cc(C)cc(C(=O)N[C@@H](C)CN)c1.Cl. The van der Waals surface area contributed by atoms with E-state index >= 15 is 0 Å². The van der Waals surface area contributed by atoms with Gasteiger partial charge >= 0.3 is 0 Å². The summed E-state index contributed by atoms with van der Waals surface area (Å²) < 4.78 is 0. The van der Waals surface area contributed by atoms with Gasteiger partial charge in [0.2, 0.25) is 0 Å². The van der Waals surface area contributed by atoms with E-state index in [9.17, 15) is 4.79 Å². The molecule has 0 aliphatic rings. The number of amides is 1. The van der Waals surface area contributed by atoms with Crippen molar-refractivity contribution in [3.63, 3.8) is 0 Å². The highest BCUT2D eigenvalue weighted by Gasteiger charge is 2.08. The smallest absolute Gasteiger partial charge is 0.251 e. The molecule has 1 aromatic rings. The van der Waals surface area contributed by atoms with E-state index in [1.54, 1.807) is 0 Å². The average molecular weight is 243 g/mol. The second kappa shape index (κ2) is 6.51. The Morgan fingerprint density at radius 2 is 1.81 bits per heavy atom. The van der Waals surface area contributed by atoms with Crippen molar-refractivity contribution >= 4 is 18.3 Å². The molecular weight excluding hydrogens is 224 g/mol. The highest BCUT2D eigenvalue weighted by Crippen LogP contribution is 2.08. The molecule has 1 aromatic carbocycles. The van der Waals surface area contributed by atoms with Gasteiger partial charge in [-0.05, 0) is 32.9 Å². The van der Waals surface area contributed by atoms with Crippen LogP contribution in [0.2, 0.25) is 0 Å².